The molecule has 0 spiro atoms. The van der Waals surface area contributed by atoms with Gasteiger partial charge in [-0.1, -0.05) is 6.07 Å². The first-order chi connectivity index (χ1) is 11.8. The number of fused-ring (bicyclic) bond motifs is 1. The summed E-state index contributed by atoms with van der Waals surface area (Å²) in [6.45, 7) is 1.95. The third-order valence-corrected chi connectivity index (χ3v) is 5.53. The Labute approximate surface area is 146 Å². The summed E-state index contributed by atoms with van der Waals surface area (Å²) in [4.78, 5) is 16.8. The first-order valence-electron chi connectivity index (χ1n) is 7.57. The smallest absolute Gasteiger partial charge is 0.275 e. The van der Waals surface area contributed by atoms with Crippen LogP contribution in [0.4, 0.5) is 5.69 Å². The lowest BCUT2D eigenvalue weighted by Gasteiger charge is -2.12. The van der Waals surface area contributed by atoms with Crippen LogP contribution in [0.5, 0.6) is 0 Å². The standard InChI is InChI=1S/C17H18N4O3S/c1-12-7-8-21-11-15(19-16(21)9-12)17(22)18-13-5-4-6-14(10-13)25(23,24)20(2)3/h4-11H,1-3H3,(H,18,22). The molecule has 0 fully saturated rings. The van der Waals surface area contributed by atoms with Gasteiger partial charge in [0.15, 0.2) is 0 Å². The molecule has 3 rings (SSSR count). The molecule has 0 bridgehead atoms. The normalized spacial score (nSPS) is 11.8. The number of aromatic nitrogens is 2. The van der Waals surface area contributed by atoms with Crippen LogP contribution in [0.1, 0.15) is 16.1 Å². The molecule has 1 N–H and O–H groups in total. The predicted octanol–water partition coefficient (Wildman–Crippen LogP) is 2.15. The summed E-state index contributed by atoms with van der Waals surface area (Å²) in [5, 5.41) is 2.69. The van der Waals surface area contributed by atoms with Gasteiger partial charge in [-0.05, 0) is 42.8 Å². The van der Waals surface area contributed by atoms with Crippen molar-refractivity contribution in [3.8, 4) is 0 Å². The molecule has 8 heteroatoms. The molecule has 1 aromatic carbocycles. The number of benzene rings is 1. The van der Waals surface area contributed by atoms with Crippen LogP contribution in [0.3, 0.4) is 0 Å². The van der Waals surface area contributed by atoms with Gasteiger partial charge in [0, 0.05) is 32.2 Å². The zero-order chi connectivity index (χ0) is 18.2. The molecule has 0 atom stereocenters. The number of amides is 1. The van der Waals surface area contributed by atoms with Crippen LogP contribution in [0.15, 0.2) is 53.7 Å². The van der Waals surface area contributed by atoms with Gasteiger partial charge >= 0.3 is 0 Å². The van der Waals surface area contributed by atoms with E-state index in [9.17, 15) is 13.2 Å². The fraction of sp³-hybridized carbons (Fsp3) is 0.176. The average Bonchev–Trinajstić information content (AvgIpc) is 2.98. The van der Waals surface area contributed by atoms with Crippen molar-refractivity contribution >= 4 is 27.3 Å². The monoisotopic (exact) mass is 358 g/mol. The van der Waals surface area contributed by atoms with Crippen molar-refractivity contribution in [3.63, 3.8) is 0 Å². The number of sulfonamides is 1. The van der Waals surface area contributed by atoms with Crippen LogP contribution in [0.25, 0.3) is 5.65 Å². The van der Waals surface area contributed by atoms with Gasteiger partial charge in [-0.2, -0.15) is 0 Å². The molecule has 0 radical (unpaired) electrons. The number of imidazole rings is 1. The van der Waals surface area contributed by atoms with Crippen LogP contribution in [-0.4, -0.2) is 42.1 Å². The number of rotatable bonds is 4. The Kier molecular flexibility index (Phi) is 4.32. The molecule has 130 valence electrons. The molecule has 0 aliphatic rings. The highest BCUT2D eigenvalue weighted by molar-refractivity contribution is 7.89. The van der Waals surface area contributed by atoms with Gasteiger partial charge in [-0.25, -0.2) is 17.7 Å². The Morgan fingerprint density at radius 2 is 1.96 bits per heavy atom. The van der Waals surface area contributed by atoms with E-state index in [2.05, 4.69) is 10.3 Å². The highest BCUT2D eigenvalue weighted by Gasteiger charge is 2.18. The quantitative estimate of drug-likeness (QED) is 0.774. The molecule has 7 nitrogen and oxygen atoms in total. The summed E-state index contributed by atoms with van der Waals surface area (Å²) in [5.41, 5.74) is 2.37. The first-order valence-corrected chi connectivity index (χ1v) is 9.01. The fourth-order valence-corrected chi connectivity index (χ4v) is 3.28. The van der Waals surface area contributed by atoms with Crippen molar-refractivity contribution in [2.24, 2.45) is 0 Å². The maximum absolute atomic E-state index is 12.4. The molecule has 0 unspecified atom stereocenters. The number of aryl methyl sites for hydroxylation is 1. The van der Waals surface area contributed by atoms with E-state index in [1.807, 2.05) is 25.3 Å². The summed E-state index contributed by atoms with van der Waals surface area (Å²) in [6.07, 6.45) is 3.46. The van der Waals surface area contributed by atoms with Crippen molar-refractivity contribution in [2.75, 3.05) is 19.4 Å². The van der Waals surface area contributed by atoms with E-state index in [0.717, 1.165) is 9.87 Å². The second kappa shape index (κ2) is 6.30. The molecular formula is C17H18N4O3S. The van der Waals surface area contributed by atoms with E-state index >= 15 is 0 Å². The van der Waals surface area contributed by atoms with Gasteiger partial charge in [0.25, 0.3) is 5.91 Å². The summed E-state index contributed by atoms with van der Waals surface area (Å²) in [7, 11) is -0.648. The van der Waals surface area contributed by atoms with Gasteiger partial charge in [-0.15, -0.1) is 0 Å². The number of hydrogen-bond acceptors (Lipinski definition) is 4. The summed E-state index contributed by atoms with van der Waals surface area (Å²) in [5.74, 6) is -0.402. The van der Waals surface area contributed by atoms with E-state index in [4.69, 9.17) is 0 Å². The zero-order valence-electron chi connectivity index (χ0n) is 14.1. The predicted molar refractivity (Wildman–Crippen MR) is 95.2 cm³/mol. The van der Waals surface area contributed by atoms with Gasteiger partial charge in [0.2, 0.25) is 10.0 Å². The second-order valence-electron chi connectivity index (χ2n) is 5.87. The van der Waals surface area contributed by atoms with E-state index in [0.29, 0.717) is 11.3 Å². The van der Waals surface area contributed by atoms with E-state index < -0.39 is 15.9 Å². The topological polar surface area (TPSA) is 83.8 Å². The second-order valence-corrected chi connectivity index (χ2v) is 8.02. The molecule has 0 aliphatic heterocycles. The average molecular weight is 358 g/mol. The minimum absolute atomic E-state index is 0.112. The lowest BCUT2D eigenvalue weighted by molar-refractivity contribution is 0.102. The molecule has 2 aromatic heterocycles. The van der Waals surface area contributed by atoms with Crippen molar-refractivity contribution in [3.05, 3.63) is 60.0 Å². The van der Waals surface area contributed by atoms with E-state index in [1.165, 1.54) is 26.2 Å². The van der Waals surface area contributed by atoms with Crippen LogP contribution in [0.2, 0.25) is 0 Å². The summed E-state index contributed by atoms with van der Waals surface area (Å²) >= 11 is 0. The Morgan fingerprint density at radius 3 is 2.68 bits per heavy atom. The van der Waals surface area contributed by atoms with Gasteiger partial charge in [0.05, 0.1) is 4.90 Å². The maximum Gasteiger partial charge on any atom is 0.275 e. The first kappa shape index (κ1) is 17.1. The summed E-state index contributed by atoms with van der Waals surface area (Å²) in [6, 6.07) is 9.92. The van der Waals surface area contributed by atoms with Crippen molar-refractivity contribution in [1.29, 1.82) is 0 Å². The number of carbonyl (C=O) groups is 1. The molecule has 0 saturated carbocycles. The number of nitrogens with zero attached hydrogens (tertiary/aromatic N) is 3. The molecule has 0 aliphatic carbocycles. The van der Waals surface area contributed by atoms with Crippen LogP contribution >= 0.6 is 0 Å². The third-order valence-electron chi connectivity index (χ3n) is 3.72. The van der Waals surface area contributed by atoms with Crippen molar-refractivity contribution in [2.45, 2.75) is 11.8 Å². The fourth-order valence-electron chi connectivity index (χ4n) is 2.33. The number of pyridine rings is 1. The largest absolute Gasteiger partial charge is 0.321 e. The van der Waals surface area contributed by atoms with Crippen molar-refractivity contribution < 1.29 is 13.2 Å². The zero-order valence-corrected chi connectivity index (χ0v) is 14.9. The minimum Gasteiger partial charge on any atom is -0.321 e. The molecule has 1 amide bonds. The van der Waals surface area contributed by atoms with Crippen LogP contribution in [-0.2, 0) is 10.0 Å². The molecular weight excluding hydrogens is 340 g/mol. The van der Waals surface area contributed by atoms with Gasteiger partial charge in [-0.3, -0.25) is 4.79 Å². The lowest BCUT2D eigenvalue weighted by atomic mass is 10.3. The third kappa shape index (κ3) is 3.40. The van der Waals surface area contributed by atoms with Gasteiger partial charge < -0.3 is 9.72 Å². The Morgan fingerprint density at radius 1 is 1.20 bits per heavy atom. The van der Waals surface area contributed by atoms with E-state index in [-0.39, 0.29) is 10.6 Å². The highest BCUT2D eigenvalue weighted by atomic mass is 32.2. The Balaban J connectivity index is 1.87. The molecule has 3 aromatic rings. The lowest BCUT2D eigenvalue weighted by Crippen LogP contribution is -2.22. The maximum atomic E-state index is 12.4. The number of carbonyl (C=O) groups excluding carboxylic acids is 1. The molecule has 25 heavy (non-hydrogen) atoms. The number of hydrogen-bond donors (Lipinski definition) is 1. The number of anilines is 1. The molecule has 2 heterocycles. The highest BCUT2D eigenvalue weighted by Crippen LogP contribution is 2.18. The minimum atomic E-state index is -3.56. The van der Waals surface area contributed by atoms with Crippen molar-refractivity contribution in [1.82, 2.24) is 13.7 Å². The SMILES string of the molecule is Cc1ccn2cc(C(=O)Nc3cccc(S(=O)(=O)N(C)C)c3)nc2c1. The van der Waals surface area contributed by atoms with Crippen LogP contribution in [0, 0.1) is 6.92 Å². The van der Waals surface area contributed by atoms with Gasteiger partial charge in [0.1, 0.15) is 11.3 Å². The Hall–Kier alpha value is -2.71. The summed E-state index contributed by atoms with van der Waals surface area (Å²) < 4.78 is 27.3. The number of nitrogens with one attached hydrogen (secondary N) is 1. The Bertz CT molecular complexity index is 1050. The molecule has 0 saturated heterocycles. The van der Waals surface area contributed by atoms with E-state index in [1.54, 1.807) is 22.7 Å². The van der Waals surface area contributed by atoms with Crippen LogP contribution < -0.4 is 5.32 Å².